The van der Waals surface area contributed by atoms with Crippen molar-refractivity contribution in [2.45, 2.75) is 70.4 Å². The molecule has 1 atom stereocenters. The van der Waals surface area contributed by atoms with Crippen LogP contribution in [0.4, 0.5) is 0 Å². The number of sulfonamides is 1. The molecule has 0 aliphatic heterocycles. The van der Waals surface area contributed by atoms with Gasteiger partial charge in [0.25, 0.3) is 0 Å². The molecule has 0 heterocycles. The molecule has 0 bridgehead atoms. The Hall–Kier alpha value is -0.910. The number of benzene rings is 1. The monoisotopic (exact) mass is 313 g/mol. The van der Waals surface area contributed by atoms with Gasteiger partial charge in [0.15, 0.2) is 0 Å². The van der Waals surface area contributed by atoms with Crippen LogP contribution in [-0.2, 0) is 16.6 Å². The highest BCUT2D eigenvalue weighted by molar-refractivity contribution is 7.89. The van der Waals surface area contributed by atoms with Crippen LogP contribution in [0.1, 0.15) is 57.1 Å². The van der Waals surface area contributed by atoms with E-state index in [2.05, 4.69) is 11.6 Å². The molecule has 1 unspecified atom stereocenters. The number of aliphatic hydroxyl groups is 1. The minimum Gasteiger partial charge on any atom is -0.392 e. The molecule has 21 heavy (non-hydrogen) atoms. The van der Waals surface area contributed by atoms with Crippen LogP contribution in [0.3, 0.4) is 0 Å². The lowest BCUT2D eigenvalue weighted by atomic mass is 10.1. The fraction of sp³-hybridized carbons (Fsp3) is 0.625. The van der Waals surface area contributed by atoms with Crippen molar-refractivity contribution in [3.8, 4) is 0 Å². The third-order valence-corrected chi connectivity index (χ3v) is 5.30. The first-order chi connectivity index (χ1) is 9.90. The first-order valence-electron chi connectivity index (χ1n) is 7.63. The Morgan fingerprint density at radius 3 is 2.57 bits per heavy atom. The topological polar surface area (TPSA) is 66.4 Å². The van der Waals surface area contributed by atoms with E-state index in [9.17, 15) is 8.42 Å². The van der Waals surface area contributed by atoms with E-state index < -0.39 is 10.0 Å². The van der Waals surface area contributed by atoms with Crippen LogP contribution in [0.2, 0.25) is 0 Å². The van der Waals surface area contributed by atoms with Crippen LogP contribution < -0.4 is 4.72 Å². The quantitative estimate of drug-likeness (QED) is 0.688. The van der Waals surface area contributed by atoms with Crippen molar-refractivity contribution in [2.24, 2.45) is 0 Å². The highest BCUT2D eigenvalue weighted by Gasteiger charge is 2.19. The molecular formula is C16H27NO3S. The molecule has 0 saturated carbocycles. The van der Waals surface area contributed by atoms with E-state index in [1.54, 1.807) is 25.1 Å². The van der Waals surface area contributed by atoms with Crippen LogP contribution >= 0.6 is 0 Å². The van der Waals surface area contributed by atoms with Crippen molar-refractivity contribution < 1.29 is 13.5 Å². The number of unbranched alkanes of at least 4 members (excludes halogenated alkanes) is 3. The normalized spacial score (nSPS) is 13.3. The second-order valence-electron chi connectivity index (χ2n) is 5.63. The summed E-state index contributed by atoms with van der Waals surface area (Å²) < 4.78 is 27.6. The van der Waals surface area contributed by atoms with Crippen LogP contribution in [0.5, 0.6) is 0 Å². The van der Waals surface area contributed by atoms with E-state index in [0.29, 0.717) is 11.1 Å². The van der Waals surface area contributed by atoms with Gasteiger partial charge in [-0.25, -0.2) is 13.1 Å². The molecule has 0 amide bonds. The maximum Gasteiger partial charge on any atom is 0.241 e. The molecule has 0 radical (unpaired) electrons. The van der Waals surface area contributed by atoms with Gasteiger partial charge >= 0.3 is 0 Å². The lowest BCUT2D eigenvalue weighted by molar-refractivity contribution is 0.281. The molecule has 0 aromatic heterocycles. The lowest BCUT2D eigenvalue weighted by Gasteiger charge is -2.16. The zero-order valence-electron chi connectivity index (χ0n) is 13.2. The van der Waals surface area contributed by atoms with E-state index in [1.807, 2.05) is 6.92 Å². The molecule has 0 spiro atoms. The summed E-state index contributed by atoms with van der Waals surface area (Å²) in [5.41, 5.74) is 1.30. The van der Waals surface area contributed by atoms with Gasteiger partial charge in [-0.2, -0.15) is 0 Å². The summed E-state index contributed by atoms with van der Waals surface area (Å²) >= 11 is 0. The second-order valence-corrected chi connectivity index (χ2v) is 7.31. The minimum absolute atomic E-state index is 0.0796. The lowest BCUT2D eigenvalue weighted by Crippen LogP contribution is -2.33. The van der Waals surface area contributed by atoms with Gasteiger partial charge in [-0.15, -0.1) is 0 Å². The smallest absolute Gasteiger partial charge is 0.241 e. The summed E-state index contributed by atoms with van der Waals surface area (Å²) in [7, 11) is -3.53. The molecule has 1 aromatic carbocycles. The van der Waals surface area contributed by atoms with E-state index in [1.165, 1.54) is 12.8 Å². The molecule has 0 aliphatic carbocycles. The molecule has 0 fully saturated rings. The number of hydrogen-bond donors (Lipinski definition) is 2. The van der Waals surface area contributed by atoms with Crippen LogP contribution in [0.25, 0.3) is 0 Å². The van der Waals surface area contributed by atoms with Crippen molar-refractivity contribution in [2.75, 3.05) is 0 Å². The summed E-state index contributed by atoms with van der Waals surface area (Å²) in [5, 5.41) is 9.15. The Kier molecular flexibility index (Phi) is 7.35. The van der Waals surface area contributed by atoms with Crippen molar-refractivity contribution in [3.05, 3.63) is 29.3 Å². The summed E-state index contributed by atoms with van der Waals surface area (Å²) in [6.45, 7) is 5.66. The molecule has 4 nitrogen and oxygen atoms in total. The van der Waals surface area contributed by atoms with Gasteiger partial charge in [0, 0.05) is 6.04 Å². The molecule has 5 heteroatoms. The number of hydrogen-bond acceptors (Lipinski definition) is 3. The largest absolute Gasteiger partial charge is 0.392 e. The predicted octanol–water partition coefficient (Wildman–Crippen LogP) is 3.12. The molecule has 1 rings (SSSR count). The maximum atomic E-state index is 12.4. The molecule has 120 valence electrons. The van der Waals surface area contributed by atoms with Gasteiger partial charge in [0.05, 0.1) is 11.5 Å². The zero-order chi connectivity index (χ0) is 15.9. The molecule has 0 aliphatic rings. The van der Waals surface area contributed by atoms with Crippen LogP contribution in [0.15, 0.2) is 23.1 Å². The first kappa shape index (κ1) is 18.1. The Labute approximate surface area is 128 Å². The molecular weight excluding hydrogens is 286 g/mol. The van der Waals surface area contributed by atoms with Crippen LogP contribution in [-0.4, -0.2) is 19.6 Å². The Bertz CT molecular complexity index is 540. The zero-order valence-corrected chi connectivity index (χ0v) is 14.0. The van der Waals surface area contributed by atoms with Gasteiger partial charge in [0.1, 0.15) is 0 Å². The number of aliphatic hydroxyl groups excluding tert-OH is 1. The van der Waals surface area contributed by atoms with E-state index in [-0.39, 0.29) is 17.5 Å². The van der Waals surface area contributed by atoms with E-state index in [4.69, 9.17) is 5.11 Å². The number of rotatable bonds is 9. The Balaban J connectivity index is 2.72. The van der Waals surface area contributed by atoms with E-state index >= 15 is 0 Å². The van der Waals surface area contributed by atoms with Crippen molar-refractivity contribution in [3.63, 3.8) is 0 Å². The Morgan fingerprint density at radius 2 is 1.95 bits per heavy atom. The summed E-state index contributed by atoms with van der Waals surface area (Å²) in [4.78, 5) is 0.259. The fourth-order valence-corrected chi connectivity index (χ4v) is 3.87. The second kappa shape index (κ2) is 8.51. The first-order valence-corrected chi connectivity index (χ1v) is 9.11. The van der Waals surface area contributed by atoms with Crippen molar-refractivity contribution >= 4 is 10.0 Å². The van der Waals surface area contributed by atoms with Gasteiger partial charge in [0.2, 0.25) is 10.0 Å². The number of aryl methyl sites for hydroxylation is 1. The number of nitrogens with one attached hydrogen (secondary N) is 1. The Morgan fingerprint density at radius 1 is 1.24 bits per heavy atom. The van der Waals surface area contributed by atoms with Crippen LogP contribution in [0, 0.1) is 6.92 Å². The third-order valence-electron chi connectivity index (χ3n) is 3.57. The highest BCUT2D eigenvalue weighted by atomic mass is 32.2. The molecule has 1 aromatic rings. The van der Waals surface area contributed by atoms with E-state index in [0.717, 1.165) is 19.3 Å². The fourth-order valence-electron chi connectivity index (χ4n) is 2.30. The van der Waals surface area contributed by atoms with Gasteiger partial charge < -0.3 is 5.11 Å². The molecule has 0 saturated heterocycles. The average molecular weight is 313 g/mol. The summed E-state index contributed by atoms with van der Waals surface area (Å²) in [6, 6.07) is 4.93. The predicted molar refractivity (Wildman–Crippen MR) is 85.6 cm³/mol. The standard InChI is InChI=1S/C16H27NO3S/c1-4-5-6-7-8-14(3)17-21(19,20)16-11-15(12-18)10-9-13(16)2/h9-11,14,17-18H,4-8,12H2,1-3H3. The van der Waals surface area contributed by atoms with Crippen molar-refractivity contribution in [1.29, 1.82) is 0 Å². The van der Waals surface area contributed by atoms with Gasteiger partial charge in [-0.05, 0) is 37.5 Å². The molecule has 2 N–H and O–H groups in total. The highest BCUT2D eigenvalue weighted by Crippen LogP contribution is 2.18. The van der Waals surface area contributed by atoms with Gasteiger partial charge in [-0.3, -0.25) is 0 Å². The third kappa shape index (κ3) is 5.77. The van der Waals surface area contributed by atoms with Gasteiger partial charge in [-0.1, -0.05) is 44.7 Å². The summed E-state index contributed by atoms with van der Waals surface area (Å²) in [5.74, 6) is 0. The summed E-state index contributed by atoms with van der Waals surface area (Å²) in [6.07, 6.45) is 5.39. The SMILES string of the molecule is CCCCCCC(C)NS(=O)(=O)c1cc(CO)ccc1C. The van der Waals surface area contributed by atoms with Crippen molar-refractivity contribution in [1.82, 2.24) is 4.72 Å². The average Bonchev–Trinajstić information content (AvgIpc) is 2.43. The maximum absolute atomic E-state index is 12.4. The minimum atomic E-state index is -3.53.